The molecular weight excluding hydrogens is 136 g/mol. The topological polar surface area (TPSA) is 9.23 Å². The predicted molar refractivity (Wildman–Crippen MR) is 47.6 cm³/mol. The van der Waals surface area contributed by atoms with Crippen LogP contribution in [-0.2, 0) is 4.74 Å². The average Bonchev–Trinajstić information content (AvgIpc) is 2.07. The minimum absolute atomic E-state index is 0.0347. The lowest BCUT2D eigenvalue weighted by Crippen LogP contribution is -2.32. The van der Waals surface area contributed by atoms with Gasteiger partial charge in [0, 0.05) is 6.61 Å². The van der Waals surface area contributed by atoms with Gasteiger partial charge in [0.1, 0.15) is 0 Å². The molecule has 0 aromatic carbocycles. The molecule has 0 radical (unpaired) electrons. The van der Waals surface area contributed by atoms with Gasteiger partial charge in [-0.25, -0.2) is 0 Å². The zero-order valence-electron chi connectivity index (χ0n) is 7.44. The Hall–Kier alpha value is -0.300. The van der Waals surface area contributed by atoms with Crippen LogP contribution in [0.1, 0.15) is 39.0 Å². The highest BCUT2D eigenvalue weighted by Crippen LogP contribution is 2.32. The van der Waals surface area contributed by atoms with Gasteiger partial charge in [0.2, 0.25) is 0 Å². The maximum atomic E-state index is 5.70. The first-order chi connectivity index (χ1) is 5.33. The Morgan fingerprint density at radius 3 is 2.45 bits per heavy atom. The van der Waals surface area contributed by atoms with E-state index in [1.54, 1.807) is 0 Å². The van der Waals surface area contributed by atoms with E-state index >= 15 is 0 Å². The predicted octanol–water partition coefficient (Wildman–Crippen LogP) is 2.91. The van der Waals surface area contributed by atoms with E-state index in [1.165, 1.54) is 32.1 Å². The maximum Gasteiger partial charge on any atom is 0.0859 e. The molecule has 1 heteroatoms. The van der Waals surface area contributed by atoms with Crippen molar-refractivity contribution in [1.82, 2.24) is 0 Å². The van der Waals surface area contributed by atoms with Gasteiger partial charge in [0.25, 0.3) is 0 Å². The SMILES string of the molecule is C=CC1(OCC)CCCCC1. The van der Waals surface area contributed by atoms with E-state index in [-0.39, 0.29) is 5.60 Å². The first-order valence-electron chi connectivity index (χ1n) is 4.60. The summed E-state index contributed by atoms with van der Waals surface area (Å²) >= 11 is 0. The van der Waals surface area contributed by atoms with E-state index in [0.29, 0.717) is 0 Å². The molecule has 0 unspecified atom stereocenters. The molecule has 0 N–H and O–H groups in total. The maximum absolute atomic E-state index is 5.70. The zero-order valence-corrected chi connectivity index (χ0v) is 7.44. The van der Waals surface area contributed by atoms with Gasteiger partial charge in [-0.3, -0.25) is 0 Å². The molecule has 0 aromatic rings. The highest BCUT2D eigenvalue weighted by atomic mass is 16.5. The summed E-state index contributed by atoms with van der Waals surface area (Å²) in [5.41, 5.74) is 0.0347. The third-order valence-corrected chi connectivity index (χ3v) is 2.50. The van der Waals surface area contributed by atoms with Crippen molar-refractivity contribution < 1.29 is 4.74 Å². The second-order valence-corrected chi connectivity index (χ2v) is 3.26. The van der Waals surface area contributed by atoms with Crippen LogP contribution in [0.25, 0.3) is 0 Å². The van der Waals surface area contributed by atoms with Crippen molar-refractivity contribution in [3.63, 3.8) is 0 Å². The van der Waals surface area contributed by atoms with Crippen LogP contribution in [-0.4, -0.2) is 12.2 Å². The molecule has 64 valence electrons. The number of hydrogen-bond donors (Lipinski definition) is 0. The summed E-state index contributed by atoms with van der Waals surface area (Å²) in [6.07, 6.45) is 8.30. The summed E-state index contributed by atoms with van der Waals surface area (Å²) in [6.45, 7) is 6.72. The van der Waals surface area contributed by atoms with E-state index < -0.39 is 0 Å². The second-order valence-electron chi connectivity index (χ2n) is 3.26. The molecule has 1 saturated carbocycles. The van der Waals surface area contributed by atoms with Crippen molar-refractivity contribution in [2.45, 2.75) is 44.6 Å². The molecule has 0 atom stereocenters. The Balaban J connectivity index is 2.49. The molecule has 0 aromatic heterocycles. The molecule has 0 saturated heterocycles. The quantitative estimate of drug-likeness (QED) is 0.568. The fourth-order valence-corrected chi connectivity index (χ4v) is 1.85. The van der Waals surface area contributed by atoms with Crippen LogP contribution in [0.5, 0.6) is 0 Å². The van der Waals surface area contributed by atoms with Crippen LogP contribution in [0.2, 0.25) is 0 Å². The van der Waals surface area contributed by atoms with E-state index in [0.717, 1.165) is 6.61 Å². The van der Waals surface area contributed by atoms with E-state index in [9.17, 15) is 0 Å². The Kier molecular flexibility index (Phi) is 3.13. The highest BCUT2D eigenvalue weighted by molar-refractivity contribution is 4.99. The summed E-state index contributed by atoms with van der Waals surface area (Å²) < 4.78 is 5.70. The van der Waals surface area contributed by atoms with Gasteiger partial charge in [-0.1, -0.05) is 25.3 Å². The molecule has 0 aliphatic heterocycles. The van der Waals surface area contributed by atoms with Gasteiger partial charge in [-0.05, 0) is 19.8 Å². The smallest absolute Gasteiger partial charge is 0.0859 e. The molecular formula is C10H18O. The van der Waals surface area contributed by atoms with Crippen molar-refractivity contribution in [2.24, 2.45) is 0 Å². The molecule has 11 heavy (non-hydrogen) atoms. The first kappa shape index (κ1) is 8.79. The fourth-order valence-electron chi connectivity index (χ4n) is 1.85. The van der Waals surface area contributed by atoms with Gasteiger partial charge in [0.15, 0.2) is 0 Å². The summed E-state index contributed by atoms with van der Waals surface area (Å²) in [7, 11) is 0. The van der Waals surface area contributed by atoms with Crippen molar-refractivity contribution in [3.8, 4) is 0 Å². The number of ether oxygens (including phenoxy) is 1. The van der Waals surface area contributed by atoms with Crippen LogP contribution >= 0.6 is 0 Å². The van der Waals surface area contributed by atoms with E-state index in [4.69, 9.17) is 4.74 Å². The Labute approximate surface area is 69.4 Å². The molecule has 0 amide bonds. The van der Waals surface area contributed by atoms with Gasteiger partial charge >= 0.3 is 0 Å². The lowest BCUT2D eigenvalue weighted by atomic mass is 9.85. The van der Waals surface area contributed by atoms with Crippen molar-refractivity contribution >= 4 is 0 Å². The van der Waals surface area contributed by atoms with Crippen molar-refractivity contribution in [1.29, 1.82) is 0 Å². The molecule has 1 rings (SSSR count). The molecule has 1 fully saturated rings. The van der Waals surface area contributed by atoms with Gasteiger partial charge < -0.3 is 4.74 Å². The molecule has 0 bridgehead atoms. The average molecular weight is 154 g/mol. The lowest BCUT2D eigenvalue weighted by molar-refractivity contribution is -0.0265. The third kappa shape index (κ3) is 2.06. The summed E-state index contributed by atoms with van der Waals surface area (Å²) in [6, 6.07) is 0. The van der Waals surface area contributed by atoms with Crippen LogP contribution in [0.4, 0.5) is 0 Å². The van der Waals surface area contributed by atoms with Crippen LogP contribution in [0.15, 0.2) is 12.7 Å². The number of hydrogen-bond acceptors (Lipinski definition) is 1. The normalized spacial score (nSPS) is 23.0. The molecule has 1 aliphatic rings. The van der Waals surface area contributed by atoms with E-state index in [1.807, 2.05) is 6.08 Å². The van der Waals surface area contributed by atoms with Gasteiger partial charge in [-0.15, -0.1) is 6.58 Å². The Morgan fingerprint density at radius 2 is 2.00 bits per heavy atom. The second kappa shape index (κ2) is 3.91. The highest BCUT2D eigenvalue weighted by Gasteiger charge is 2.28. The Bertz CT molecular complexity index is 117. The van der Waals surface area contributed by atoms with Crippen LogP contribution < -0.4 is 0 Å². The molecule has 1 nitrogen and oxygen atoms in total. The van der Waals surface area contributed by atoms with Gasteiger partial charge in [0.05, 0.1) is 5.60 Å². The first-order valence-corrected chi connectivity index (χ1v) is 4.60. The fraction of sp³-hybridized carbons (Fsp3) is 0.800. The van der Waals surface area contributed by atoms with Crippen LogP contribution in [0, 0.1) is 0 Å². The standard InChI is InChI=1S/C10H18O/c1-3-10(11-4-2)8-6-5-7-9-10/h3H,1,4-9H2,2H3. The Morgan fingerprint density at radius 1 is 1.36 bits per heavy atom. The summed E-state index contributed by atoms with van der Waals surface area (Å²) in [5.74, 6) is 0. The molecule has 0 heterocycles. The lowest BCUT2D eigenvalue weighted by Gasteiger charge is -2.33. The zero-order chi connectivity index (χ0) is 8.16. The minimum atomic E-state index is 0.0347. The summed E-state index contributed by atoms with van der Waals surface area (Å²) in [4.78, 5) is 0. The van der Waals surface area contributed by atoms with Crippen LogP contribution in [0.3, 0.4) is 0 Å². The van der Waals surface area contributed by atoms with Crippen molar-refractivity contribution in [2.75, 3.05) is 6.61 Å². The largest absolute Gasteiger partial charge is 0.371 e. The molecule has 1 aliphatic carbocycles. The number of rotatable bonds is 3. The van der Waals surface area contributed by atoms with E-state index in [2.05, 4.69) is 13.5 Å². The monoisotopic (exact) mass is 154 g/mol. The van der Waals surface area contributed by atoms with Gasteiger partial charge in [-0.2, -0.15) is 0 Å². The minimum Gasteiger partial charge on any atom is -0.371 e. The summed E-state index contributed by atoms with van der Waals surface area (Å²) in [5, 5.41) is 0. The third-order valence-electron chi connectivity index (χ3n) is 2.50. The van der Waals surface area contributed by atoms with Crippen molar-refractivity contribution in [3.05, 3.63) is 12.7 Å². The molecule has 0 spiro atoms.